The molecule has 2 aromatic rings. The standard InChI is InChI=1S/C22H27ClN2O2/c23-21-10-8-18(9-11-21)2-1-3-22(26)24-16-19-4-6-20(7-5-19)17-25-12-14-27-15-13-25/h4-11H,1-3,12-17H2,(H,24,26). The second-order valence-corrected chi connectivity index (χ2v) is 7.40. The van der Waals surface area contributed by atoms with Gasteiger partial charge in [0.05, 0.1) is 13.2 Å². The number of carbonyl (C=O) groups is 1. The number of carbonyl (C=O) groups excluding carboxylic acids is 1. The van der Waals surface area contributed by atoms with Crippen LogP contribution in [0.3, 0.4) is 0 Å². The van der Waals surface area contributed by atoms with Crippen LogP contribution in [-0.2, 0) is 29.0 Å². The lowest BCUT2D eigenvalue weighted by atomic mass is 10.1. The maximum Gasteiger partial charge on any atom is 0.220 e. The summed E-state index contributed by atoms with van der Waals surface area (Å²) in [6.45, 7) is 5.17. The van der Waals surface area contributed by atoms with Crippen LogP contribution in [0, 0.1) is 0 Å². The highest BCUT2D eigenvalue weighted by Gasteiger charge is 2.10. The Morgan fingerprint density at radius 2 is 1.59 bits per heavy atom. The first-order chi connectivity index (χ1) is 13.2. The molecular weight excluding hydrogens is 360 g/mol. The highest BCUT2D eigenvalue weighted by Crippen LogP contribution is 2.12. The molecule has 0 bridgehead atoms. The summed E-state index contributed by atoms with van der Waals surface area (Å²) >= 11 is 5.88. The van der Waals surface area contributed by atoms with Crippen molar-refractivity contribution < 1.29 is 9.53 Å². The fourth-order valence-electron chi connectivity index (χ4n) is 3.17. The van der Waals surface area contributed by atoms with Gasteiger partial charge in [0.1, 0.15) is 0 Å². The van der Waals surface area contributed by atoms with Gasteiger partial charge in [0.15, 0.2) is 0 Å². The third-order valence-electron chi connectivity index (χ3n) is 4.81. The van der Waals surface area contributed by atoms with Gasteiger partial charge in [-0.05, 0) is 41.7 Å². The summed E-state index contributed by atoms with van der Waals surface area (Å²) in [7, 11) is 0. The van der Waals surface area contributed by atoms with Gasteiger partial charge in [0, 0.05) is 37.6 Å². The molecule has 0 aliphatic carbocycles. The van der Waals surface area contributed by atoms with Crippen molar-refractivity contribution in [2.75, 3.05) is 26.3 Å². The molecule has 0 radical (unpaired) electrons. The van der Waals surface area contributed by atoms with E-state index in [-0.39, 0.29) is 5.91 Å². The van der Waals surface area contributed by atoms with Crippen LogP contribution in [0.2, 0.25) is 5.02 Å². The topological polar surface area (TPSA) is 41.6 Å². The van der Waals surface area contributed by atoms with E-state index >= 15 is 0 Å². The summed E-state index contributed by atoms with van der Waals surface area (Å²) in [5.74, 6) is 0.0985. The Bertz CT molecular complexity index is 710. The number of ether oxygens (including phenoxy) is 1. The Kier molecular flexibility index (Phi) is 7.69. The Labute approximate surface area is 166 Å². The maximum absolute atomic E-state index is 12.0. The van der Waals surface area contributed by atoms with Crippen molar-refractivity contribution in [1.29, 1.82) is 0 Å². The maximum atomic E-state index is 12.0. The second kappa shape index (κ2) is 10.5. The molecule has 1 saturated heterocycles. The number of aryl methyl sites for hydroxylation is 1. The molecule has 1 fully saturated rings. The van der Waals surface area contributed by atoms with E-state index in [0.29, 0.717) is 13.0 Å². The highest BCUT2D eigenvalue weighted by molar-refractivity contribution is 6.30. The van der Waals surface area contributed by atoms with Gasteiger partial charge in [-0.15, -0.1) is 0 Å². The van der Waals surface area contributed by atoms with E-state index in [4.69, 9.17) is 16.3 Å². The Morgan fingerprint density at radius 1 is 0.963 bits per heavy atom. The molecule has 144 valence electrons. The monoisotopic (exact) mass is 386 g/mol. The number of nitrogens with zero attached hydrogens (tertiary/aromatic N) is 1. The van der Waals surface area contributed by atoms with E-state index in [1.54, 1.807) is 0 Å². The quantitative estimate of drug-likeness (QED) is 0.750. The minimum atomic E-state index is 0.0985. The SMILES string of the molecule is O=C(CCCc1ccc(Cl)cc1)NCc1ccc(CN2CCOCC2)cc1. The summed E-state index contributed by atoms with van der Waals surface area (Å²) in [6, 6.07) is 16.3. The van der Waals surface area contributed by atoms with E-state index < -0.39 is 0 Å². The molecule has 2 aromatic carbocycles. The minimum absolute atomic E-state index is 0.0985. The Morgan fingerprint density at radius 3 is 2.30 bits per heavy atom. The van der Waals surface area contributed by atoms with E-state index in [1.807, 2.05) is 24.3 Å². The average molecular weight is 387 g/mol. The fraction of sp³-hybridized carbons (Fsp3) is 0.409. The first-order valence-electron chi connectivity index (χ1n) is 9.58. The molecule has 1 aliphatic heterocycles. The third-order valence-corrected chi connectivity index (χ3v) is 5.06. The number of hydrogen-bond donors (Lipinski definition) is 1. The number of benzene rings is 2. The Hall–Kier alpha value is -1.88. The van der Waals surface area contributed by atoms with E-state index in [9.17, 15) is 4.79 Å². The number of morpholine rings is 1. The number of hydrogen-bond acceptors (Lipinski definition) is 3. The Balaban J connectivity index is 1.35. The van der Waals surface area contributed by atoms with Gasteiger partial charge < -0.3 is 10.1 Å². The van der Waals surface area contributed by atoms with Crippen molar-refractivity contribution in [3.63, 3.8) is 0 Å². The lowest BCUT2D eigenvalue weighted by Crippen LogP contribution is -2.35. The molecule has 0 unspecified atom stereocenters. The first-order valence-corrected chi connectivity index (χ1v) is 9.96. The van der Waals surface area contributed by atoms with Gasteiger partial charge in [0.25, 0.3) is 0 Å². The molecule has 1 heterocycles. The first kappa shape index (κ1) is 19.9. The van der Waals surface area contributed by atoms with Gasteiger partial charge in [-0.25, -0.2) is 0 Å². The van der Waals surface area contributed by atoms with Crippen LogP contribution in [-0.4, -0.2) is 37.1 Å². The van der Waals surface area contributed by atoms with Crippen LogP contribution in [0.5, 0.6) is 0 Å². The molecule has 27 heavy (non-hydrogen) atoms. The highest BCUT2D eigenvalue weighted by atomic mass is 35.5. The molecule has 1 N–H and O–H groups in total. The van der Waals surface area contributed by atoms with Crippen molar-refractivity contribution in [2.45, 2.75) is 32.4 Å². The zero-order chi connectivity index (χ0) is 18.9. The predicted octanol–water partition coefficient (Wildman–Crippen LogP) is 3.81. The molecule has 1 aliphatic rings. The molecule has 4 nitrogen and oxygen atoms in total. The summed E-state index contributed by atoms with van der Waals surface area (Å²) in [4.78, 5) is 14.4. The van der Waals surface area contributed by atoms with Gasteiger partial charge in [-0.3, -0.25) is 9.69 Å². The molecular formula is C22H27ClN2O2. The van der Waals surface area contributed by atoms with Gasteiger partial charge >= 0.3 is 0 Å². The number of nitrogens with one attached hydrogen (secondary N) is 1. The van der Waals surface area contributed by atoms with Crippen molar-refractivity contribution in [2.24, 2.45) is 0 Å². The van der Waals surface area contributed by atoms with E-state index in [2.05, 4.69) is 34.5 Å². The molecule has 0 aromatic heterocycles. The van der Waals surface area contributed by atoms with Crippen LogP contribution in [0.1, 0.15) is 29.5 Å². The summed E-state index contributed by atoms with van der Waals surface area (Å²) in [6.07, 6.45) is 2.27. The smallest absolute Gasteiger partial charge is 0.220 e. The van der Waals surface area contributed by atoms with Gasteiger partial charge in [-0.2, -0.15) is 0 Å². The van der Waals surface area contributed by atoms with Gasteiger partial charge in [-0.1, -0.05) is 48.0 Å². The second-order valence-electron chi connectivity index (χ2n) is 6.96. The van der Waals surface area contributed by atoms with Gasteiger partial charge in [0.2, 0.25) is 5.91 Å². The number of rotatable bonds is 8. The van der Waals surface area contributed by atoms with Crippen molar-refractivity contribution in [1.82, 2.24) is 10.2 Å². The molecule has 3 rings (SSSR count). The zero-order valence-corrected chi connectivity index (χ0v) is 16.4. The lowest BCUT2D eigenvalue weighted by Gasteiger charge is -2.26. The summed E-state index contributed by atoms with van der Waals surface area (Å²) in [5, 5.41) is 3.75. The third kappa shape index (κ3) is 6.98. The largest absolute Gasteiger partial charge is 0.379 e. The molecule has 0 saturated carbocycles. The summed E-state index contributed by atoms with van der Waals surface area (Å²) < 4.78 is 5.38. The molecule has 0 spiro atoms. The molecule has 1 amide bonds. The lowest BCUT2D eigenvalue weighted by molar-refractivity contribution is -0.121. The molecule has 5 heteroatoms. The predicted molar refractivity (Wildman–Crippen MR) is 109 cm³/mol. The van der Waals surface area contributed by atoms with E-state index in [0.717, 1.165) is 56.3 Å². The normalized spacial score (nSPS) is 14.9. The number of halogens is 1. The van der Waals surface area contributed by atoms with Crippen LogP contribution in [0.25, 0.3) is 0 Å². The van der Waals surface area contributed by atoms with Crippen molar-refractivity contribution in [3.8, 4) is 0 Å². The van der Waals surface area contributed by atoms with E-state index in [1.165, 1.54) is 11.1 Å². The molecule has 0 atom stereocenters. The zero-order valence-electron chi connectivity index (χ0n) is 15.6. The van der Waals surface area contributed by atoms with Crippen molar-refractivity contribution in [3.05, 3.63) is 70.2 Å². The average Bonchev–Trinajstić information content (AvgIpc) is 2.70. The summed E-state index contributed by atoms with van der Waals surface area (Å²) in [5.41, 5.74) is 3.64. The van der Waals surface area contributed by atoms with Crippen LogP contribution in [0.15, 0.2) is 48.5 Å². The minimum Gasteiger partial charge on any atom is -0.379 e. The van der Waals surface area contributed by atoms with Crippen LogP contribution < -0.4 is 5.32 Å². The van der Waals surface area contributed by atoms with Crippen LogP contribution in [0.4, 0.5) is 0 Å². The van der Waals surface area contributed by atoms with Crippen LogP contribution >= 0.6 is 11.6 Å². The number of amides is 1. The fourth-order valence-corrected chi connectivity index (χ4v) is 3.30. The van der Waals surface area contributed by atoms with Crippen molar-refractivity contribution >= 4 is 17.5 Å².